The summed E-state index contributed by atoms with van der Waals surface area (Å²) in [5.74, 6) is -3.04. The second-order valence-electron chi connectivity index (χ2n) is 3.94. The van der Waals surface area contributed by atoms with Gasteiger partial charge in [-0.05, 0) is 6.07 Å². The highest BCUT2D eigenvalue weighted by Crippen LogP contribution is 2.23. The number of carbonyl (C=O) groups is 2. The van der Waals surface area contributed by atoms with Crippen molar-refractivity contribution in [3.05, 3.63) is 23.5 Å². The van der Waals surface area contributed by atoms with Crippen molar-refractivity contribution in [2.24, 2.45) is 0 Å². The van der Waals surface area contributed by atoms with Crippen LogP contribution in [0.2, 0.25) is 0 Å². The van der Waals surface area contributed by atoms with E-state index in [1.165, 1.54) is 12.3 Å². The molecule has 1 aliphatic heterocycles. The fourth-order valence-corrected chi connectivity index (χ4v) is 1.87. The largest absolute Gasteiger partial charge is 0.478 e. The number of hydrogen-bond donors (Lipinski definition) is 1. The first-order valence-corrected chi connectivity index (χ1v) is 5.07. The number of carbonyl (C=O) groups excluding carboxylic acids is 1. The van der Waals surface area contributed by atoms with E-state index in [4.69, 9.17) is 5.11 Å². The fraction of sp³-hybridized carbons (Fsp3) is 0.400. The lowest BCUT2D eigenvalue weighted by Gasteiger charge is -2.29. The highest BCUT2D eigenvalue weighted by atomic mass is 19.4. The molecule has 98 valence electrons. The molecule has 0 saturated carbocycles. The van der Waals surface area contributed by atoms with Gasteiger partial charge in [-0.3, -0.25) is 4.79 Å². The van der Waals surface area contributed by atoms with E-state index in [2.05, 4.69) is 0 Å². The average Bonchev–Trinajstić information content (AvgIpc) is 2.69. The zero-order valence-electron chi connectivity index (χ0n) is 9.07. The molecule has 1 aromatic rings. The number of carboxylic acid groups (broad SMARTS) is 1. The molecule has 1 aliphatic rings. The van der Waals surface area contributed by atoms with Crippen LogP contribution in [0, 0.1) is 0 Å². The lowest BCUT2D eigenvalue weighted by molar-refractivity contribution is -0.186. The molecule has 1 aromatic heterocycles. The Labute approximate surface area is 99.4 Å². The third kappa shape index (κ3) is 2.18. The van der Waals surface area contributed by atoms with Gasteiger partial charge in [-0.1, -0.05) is 0 Å². The Morgan fingerprint density at radius 2 is 1.94 bits per heavy atom. The van der Waals surface area contributed by atoms with E-state index >= 15 is 0 Å². The Kier molecular flexibility index (Phi) is 2.80. The number of aromatic nitrogens is 1. The van der Waals surface area contributed by atoms with Crippen LogP contribution >= 0.6 is 0 Å². The topological polar surface area (TPSA) is 62.5 Å². The summed E-state index contributed by atoms with van der Waals surface area (Å²) >= 11 is 0. The maximum atomic E-state index is 12.3. The Bertz CT molecular complexity index is 507. The van der Waals surface area contributed by atoms with E-state index in [1.54, 1.807) is 4.57 Å². The van der Waals surface area contributed by atoms with E-state index < -0.39 is 18.1 Å². The van der Waals surface area contributed by atoms with Crippen LogP contribution in [-0.2, 0) is 17.9 Å². The Balaban J connectivity index is 2.20. The molecule has 8 heteroatoms. The van der Waals surface area contributed by atoms with Crippen LogP contribution in [0.5, 0.6) is 0 Å². The molecule has 1 N–H and O–H groups in total. The summed E-state index contributed by atoms with van der Waals surface area (Å²) in [5.41, 5.74) is 0.391. The van der Waals surface area contributed by atoms with Gasteiger partial charge in [-0.2, -0.15) is 13.2 Å². The zero-order valence-corrected chi connectivity index (χ0v) is 9.07. The van der Waals surface area contributed by atoms with Crippen molar-refractivity contribution < 1.29 is 27.9 Å². The molecule has 18 heavy (non-hydrogen) atoms. The van der Waals surface area contributed by atoms with Crippen LogP contribution < -0.4 is 0 Å². The molecule has 0 spiro atoms. The van der Waals surface area contributed by atoms with Gasteiger partial charge >= 0.3 is 18.1 Å². The predicted octanol–water partition coefficient (Wildman–Crippen LogP) is 1.09. The number of carboxylic acids is 1. The molecule has 0 unspecified atom stereocenters. The third-order valence-electron chi connectivity index (χ3n) is 2.73. The number of hydrogen-bond acceptors (Lipinski definition) is 2. The van der Waals surface area contributed by atoms with E-state index in [-0.39, 0.29) is 25.2 Å². The maximum Gasteiger partial charge on any atom is 0.471 e. The van der Waals surface area contributed by atoms with Gasteiger partial charge in [0.1, 0.15) is 0 Å². The van der Waals surface area contributed by atoms with Crippen LogP contribution in [0.3, 0.4) is 0 Å². The lowest BCUT2D eigenvalue weighted by atomic mass is 10.2. The highest BCUT2D eigenvalue weighted by Gasteiger charge is 2.43. The normalized spacial score (nSPS) is 15.4. The molecular formula is C10H9F3N2O3. The number of nitrogens with zero attached hydrogens (tertiary/aromatic N) is 2. The minimum atomic E-state index is -4.90. The summed E-state index contributed by atoms with van der Waals surface area (Å²) in [4.78, 5) is 22.4. The maximum absolute atomic E-state index is 12.3. The van der Waals surface area contributed by atoms with E-state index in [0.29, 0.717) is 10.6 Å². The summed E-state index contributed by atoms with van der Waals surface area (Å²) in [6, 6.07) is 1.28. The van der Waals surface area contributed by atoms with Crippen molar-refractivity contribution in [2.75, 3.05) is 6.54 Å². The van der Waals surface area contributed by atoms with Crippen LogP contribution in [0.25, 0.3) is 0 Å². The van der Waals surface area contributed by atoms with Crippen molar-refractivity contribution >= 4 is 11.9 Å². The van der Waals surface area contributed by atoms with Crippen LogP contribution in [0.4, 0.5) is 13.2 Å². The zero-order chi connectivity index (χ0) is 13.5. The van der Waals surface area contributed by atoms with Gasteiger partial charge in [0.15, 0.2) is 0 Å². The molecule has 2 rings (SSSR count). The molecule has 0 fully saturated rings. The first kappa shape index (κ1) is 12.5. The number of halogens is 3. The molecule has 0 aliphatic carbocycles. The van der Waals surface area contributed by atoms with Gasteiger partial charge in [0, 0.05) is 25.0 Å². The van der Waals surface area contributed by atoms with E-state index in [9.17, 15) is 22.8 Å². The minimum absolute atomic E-state index is 0.00584. The minimum Gasteiger partial charge on any atom is -0.478 e. The lowest BCUT2D eigenvalue weighted by Crippen LogP contribution is -2.44. The average molecular weight is 262 g/mol. The smallest absolute Gasteiger partial charge is 0.471 e. The van der Waals surface area contributed by atoms with E-state index in [0.717, 1.165) is 0 Å². The summed E-state index contributed by atoms with van der Waals surface area (Å²) in [6.45, 7) is -0.158. The van der Waals surface area contributed by atoms with Crippen LogP contribution in [-0.4, -0.2) is 39.2 Å². The van der Waals surface area contributed by atoms with Crippen LogP contribution in [0.15, 0.2) is 12.3 Å². The van der Waals surface area contributed by atoms with Gasteiger partial charge in [-0.25, -0.2) is 4.79 Å². The van der Waals surface area contributed by atoms with Gasteiger partial charge in [-0.15, -0.1) is 0 Å². The third-order valence-corrected chi connectivity index (χ3v) is 2.73. The molecule has 0 radical (unpaired) electrons. The van der Waals surface area contributed by atoms with Gasteiger partial charge in [0.05, 0.1) is 12.1 Å². The number of aromatic carboxylic acids is 1. The Hall–Kier alpha value is -1.99. The Morgan fingerprint density at radius 1 is 1.28 bits per heavy atom. The Morgan fingerprint density at radius 3 is 2.50 bits per heavy atom. The standard InChI is InChI=1S/C10H9F3N2O3/c11-10(12,13)9(18)15-2-1-14-4-6(8(16)17)3-7(14)5-15/h3-4H,1-2,5H2,(H,16,17). The highest BCUT2D eigenvalue weighted by molar-refractivity contribution is 5.87. The first-order valence-electron chi connectivity index (χ1n) is 5.07. The number of rotatable bonds is 1. The number of amides is 1. The van der Waals surface area contributed by atoms with E-state index in [1.807, 2.05) is 0 Å². The summed E-state index contributed by atoms with van der Waals surface area (Å²) in [6.07, 6.45) is -3.54. The van der Waals surface area contributed by atoms with Crippen molar-refractivity contribution in [1.29, 1.82) is 0 Å². The van der Waals surface area contributed by atoms with Crippen molar-refractivity contribution in [3.63, 3.8) is 0 Å². The summed E-state index contributed by atoms with van der Waals surface area (Å²) in [7, 11) is 0. The SMILES string of the molecule is O=C(O)c1cc2n(c1)CCN(C(=O)C(F)(F)F)C2. The molecule has 2 heterocycles. The molecule has 0 bridgehead atoms. The number of fused-ring (bicyclic) bond motifs is 1. The summed E-state index contributed by atoms with van der Waals surface area (Å²) in [5, 5.41) is 8.76. The number of alkyl halides is 3. The monoisotopic (exact) mass is 262 g/mol. The molecular weight excluding hydrogens is 253 g/mol. The molecule has 5 nitrogen and oxygen atoms in total. The molecule has 0 atom stereocenters. The van der Waals surface area contributed by atoms with Crippen LogP contribution in [0.1, 0.15) is 16.1 Å². The van der Waals surface area contributed by atoms with Crippen molar-refractivity contribution in [1.82, 2.24) is 9.47 Å². The quantitative estimate of drug-likeness (QED) is 0.824. The van der Waals surface area contributed by atoms with Crippen molar-refractivity contribution in [3.8, 4) is 0 Å². The van der Waals surface area contributed by atoms with Gasteiger partial charge in [0.2, 0.25) is 0 Å². The predicted molar refractivity (Wildman–Crippen MR) is 52.9 cm³/mol. The van der Waals surface area contributed by atoms with Crippen molar-refractivity contribution in [2.45, 2.75) is 19.3 Å². The van der Waals surface area contributed by atoms with Gasteiger partial charge < -0.3 is 14.6 Å². The second kappa shape index (κ2) is 4.04. The fourth-order valence-electron chi connectivity index (χ4n) is 1.87. The summed E-state index contributed by atoms with van der Waals surface area (Å²) < 4.78 is 38.3. The second-order valence-corrected chi connectivity index (χ2v) is 3.94. The molecule has 1 amide bonds. The van der Waals surface area contributed by atoms with Gasteiger partial charge in [0.25, 0.3) is 0 Å². The molecule has 0 saturated heterocycles. The first-order chi connectivity index (χ1) is 8.29. The molecule has 0 aromatic carbocycles.